The molecule has 1 amide bonds. The van der Waals surface area contributed by atoms with Crippen LogP contribution in [-0.4, -0.2) is 23.7 Å². The lowest BCUT2D eigenvalue weighted by molar-refractivity contribution is -0.144. The number of benzene rings is 1. The van der Waals surface area contributed by atoms with Crippen molar-refractivity contribution in [3.05, 3.63) is 24.3 Å². The van der Waals surface area contributed by atoms with Crippen LogP contribution >= 0.6 is 11.8 Å². The first-order valence-corrected chi connectivity index (χ1v) is 6.66. The summed E-state index contributed by atoms with van der Waals surface area (Å²) in [6.45, 7) is 5.11. The number of ether oxygens (including phenoxy) is 1. The van der Waals surface area contributed by atoms with Gasteiger partial charge in [-0.1, -0.05) is 0 Å². The maximum atomic E-state index is 11.3. The molecule has 18 heavy (non-hydrogen) atoms. The molecule has 0 saturated heterocycles. The zero-order chi connectivity index (χ0) is 13.5. The van der Waals surface area contributed by atoms with Gasteiger partial charge >= 0.3 is 5.97 Å². The summed E-state index contributed by atoms with van der Waals surface area (Å²) in [6, 6.07) is 7.33. The maximum absolute atomic E-state index is 11.3. The molecule has 98 valence electrons. The number of amides is 1. The fourth-order valence-corrected chi connectivity index (χ4v) is 1.96. The lowest BCUT2D eigenvalue weighted by Gasteiger charge is -2.07. The van der Waals surface area contributed by atoms with Crippen LogP contribution in [0.25, 0.3) is 0 Å². The number of esters is 1. The Kier molecular flexibility index (Phi) is 5.71. The molecule has 0 aliphatic carbocycles. The smallest absolute Gasteiger partial charge is 0.316 e. The van der Waals surface area contributed by atoms with Gasteiger partial charge in [-0.05, 0) is 38.1 Å². The molecule has 1 aromatic carbocycles. The third kappa shape index (κ3) is 5.72. The topological polar surface area (TPSA) is 55.4 Å². The first-order chi connectivity index (χ1) is 8.47. The van der Waals surface area contributed by atoms with E-state index in [0.29, 0.717) is 0 Å². The summed E-state index contributed by atoms with van der Waals surface area (Å²) in [5, 5.41) is 2.68. The van der Waals surface area contributed by atoms with Gasteiger partial charge in [0.1, 0.15) is 0 Å². The zero-order valence-electron chi connectivity index (χ0n) is 10.7. The fraction of sp³-hybridized carbons (Fsp3) is 0.385. The Labute approximate surface area is 111 Å². The van der Waals surface area contributed by atoms with E-state index in [9.17, 15) is 9.59 Å². The predicted octanol–water partition coefficient (Wildman–Crippen LogP) is 2.69. The number of carbonyl (C=O) groups is 2. The van der Waals surface area contributed by atoms with Crippen LogP contribution in [-0.2, 0) is 14.3 Å². The van der Waals surface area contributed by atoms with Gasteiger partial charge in [0, 0.05) is 17.5 Å². The minimum atomic E-state index is -0.221. The van der Waals surface area contributed by atoms with Crippen molar-refractivity contribution >= 4 is 29.3 Å². The summed E-state index contributed by atoms with van der Waals surface area (Å²) < 4.78 is 5.03. The Balaban J connectivity index is 2.44. The molecule has 0 spiro atoms. The second-order valence-corrected chi connectivity index (χ2v) is 5.08. The SMILES string of the molecule is CC(=O)Nc1ccc(SCC(=O)OC(C)C)cc1. The molecule has 0 unspecified atom stereocenters. The van der Waals surface area contributed by atoms with Crippen LogP contribution in [0.15, 0.2) is 29.2 Å². The van der Waals surface area contributed by atoms with E-state index in [4.69, 9.17) is 4.74 Å². The second-order valence-electron chi connectivity index (χ2n) is 4.03. The molecular weight excluding hydrogens is 250 g/mol. The normalized spacial score (nSPS) is 10.2. The lowest BCUT2D eigenvalue weighted by atomic mass is 10.3. The highest BCUT2D eigenvalue weighted by Crippen LogP contribution is 2.20. The minimum Gasteiger partial charge on any atom is -0.462 e. The monoisotopic (exact) mass is 267 g/mol. The molecule has 1 rings (SSSR count). The summed E-state index contributed by atoms with van der Waals surface area (Å²) in [4.78, 5) is 23.1. The molecular formula is C13H17NO3S. The van der Waals surface area contributed by atoms with Gasteiger partial charge in [0.25, 0.3) is 0 Å². The summed E-state index contributed by atoms with van der Waals surface area (Å²) >= 11 is 1.41. The molecule has 0 atom stereocenters. The molecule has 1 aromatic rings. The Morgan fingerprint density at radius 1 is 1.28 bits per heavy atom. The van der Waals surface area contributed by atoms with Crippen molar-refractivity contribution in [2.75, 3.05) is 11.1 Å². The zero-order valence-corrected chi connectivity index (χ0v) is 11.5. The van der Waals surface area contributed by atoms with Gasteiger partial charge in [-0.3, -0.25) is 9.59 Å². The van der Waals surface area contributed by atoms with Gasteiger partial charge in [-0.2, -0.15) is 0 Å². The van der Waals surface area contributed by atoms with E-state index in [1.165, 1.54) is 18.7 Å². The number of carbonyl (C=O) groups excluding carboxylic acids is 2. The van der Waals surface area contributed by atoms with Crippen LogP contribution in [0, 0.1) is 0 Å². The van der Waals surface area contributed by atoms with E-state index in [2.05, 4.69) is 5.32 Å². The van der Waals surface area contributed by atoms with Gasteiger partial charge in [0.05, 0.1) is 11.9 Å². The first kappa shape index (κ1) is 14.6. The number of hydrogen-bond acceptors (Lipinski definition) is 4. The van der Waals surface area contributed by atoms with Crippen LogP contribution in [0.1, 0.15) is 20.8 Å². The van der Waals surface area contributed by atoms with Crippen molar-refractivity contribution in [2.45, 2.75) is 31.8 Å². The number of hydrogen-bond donors (Lipinski definition) is 1. The van der Waals surface area contributed by atoms with Crippen molar-refractivity contribution in [3.63, 3.8) is 0 Å². The van der Waals surface area contributed by atoms with Gasteiger partial charge < -0.3 is 10.1 Å². The molecule has 4 nitrogen and oxygen atoms in total. The fourth-order valence-electron chi connectivity index (χ4n) is 1.28. The first-order valence-electron chi connectivity index (χ1n) is 5.67. The van der Waals surface area contributed by atoms with Crippen molar-refractivity contribution < 1.29 is 14.3 Å². The van der Waals surface area contributed by atoms with E-state index in [1.807, 2.05) is 26.0 Å². The molecule has 0 aliphatic rings. The predicted molar refractivity (Wildman–Crippen MR) is 72.7 cm³/mol. The number of thioether (sulfide) groups is 1. The van der Waals surface area contributed by atoms with E-state index in [0.717, 1.165) is 10.6 Å². The molecule has 0 bridgehead atoms. The average molecular weight is 267 g/mol. The summed E-state index contributed by atoms with van der Waals surface area (Å²) in [7, 11) is 0. The van der Waals surface area contributed by atoms with Gasteiger partial charge in [-0.25, -0.2) is 0 Å². The molecule has 1 N–H and O–H groups in total. The quantitative estimate of drug-likeness (QED) is 0.658. The standard InChI is InChI=1S/C13H17NO3S/c1-9(2)17-13(16)8-18-12-6-4-11(5-7-12)14-10(3)15/h4-7,9H,8H2,1-3H3,(H,14,15). The Hall–Kier alpha value is -1.49. The van der Waals surface area contributed by atoms with Gasteiger partial charge in [-0.15, -0.1) is 11.8 Å². The van der Waals surface area contributed by atoms with Gasteiger partial charge in [0.15, 0.2) is 0 Å². The van der Waals surface area contributed by atoms with Crippen molar-refractivity contribution in [2.24, 2.45) is 0 Å². The Bertz CT molecular complexity index is 415. The summed E-state index contributed by atoms with van der Waals surface area (Å²) in [5.74, 6) is -0.0330. The van der Waals surface area contributed by atoms with E-state index < -0.39 is 0 Å². The molecule has 0 aromatic heterocycles. The summed E-state index contributed by atoms with van der Waals surface area (Å²) in [5.41, 5.74) is 0.747. The summed E-state index contributed by atoms with van der Waals surface area (Å²) in [6.07, 6.45) is -0.0831. The number of rotatable bonds is 5. The molecule has 0 radical (unpaired) electrons. The molecule has 0 aliphatic heterocycles. The highest BCUT2D eigenvalue weighted by molar-refractivity contribution is 8.00. The average Bonchev–Trinajstić information content (AvgIpc) is 2.26. The van der Waals surface area contributed by atoms with Crippen molar-refractivity contribution in [1.29, 1.82) is 0 Å². The van der Waals surface area contributed by atoms with Crippen LogP contribution in [0.3, 0.4) is 0 Å². The molecule has 0 heterocycles. The van der Waals surface area contributed by atoms with Gasteiger partial charge in [0.2, 0.25) is 5.91 Å². The largest absolute Gasteiger partial charge is 0.462 e. The molecule has 5 heteroatoms. The lowest BCUT2D eigenvalue weighted by Crippen LogP contribution is -2.13. The Morgan fingerprint density at radius 3 is 2.39 bits per heavy atom. The second kappa shape index (κ2) is 7.06. The third-order valence-electron chi connectivity index (χ3n) is 1.90. The van der Waals surface area contributed by atoms with Crippen molar-refractivity contribution in [1.82, 2.24) is 0 Å². The van der Waals surface area contributed by atoms with Crippen LogP contribution in [0.5, 0.6) is 0 Å². The van der Waals surface area contributed by atoms with Crippen LogP contribution in [0.4, 0.5) is 5.69 Å². The Morgan fingerprint density at radius 2 is 1.89 bits per heavy atom. The maximum Gasteiger partial charge on any atom is 0.316 e. The van der Waals surface area contributed by atoms with Crippen molar-refractivity contribution in [3.8, 4) is 0 Å². The number of anilines is 1. The third-order valence-corrected chi connectivity index (χ3v) is 2.88. The van der Waals surface area contributed by atoms with E-state index in [-0.39, 0.29) is 23.7 Å². The molecule has 0 saturated carbocycles. The number of nitrogens with one attached hydrogen (secondary N) is 1. The highest BCUT2D eigenvalue weighted by atomic mass is 32.2. The van der Waals surface area contributed by atoms with E-state index >= 15 is 0 Å². The minimum absolute atomic E-state index is 0.0831. The van der Waals surface area contributed by atoms with Crippen LogP contribution in [0.2, 0.25) is 0 Å². The van der Waals surface area contributed by atoms with E-state index in [1.54, 1.807) is 12.1 Å². The highest BCUT2D eigenvalue weighted by Gasteiger charge is 2.06. The van der Waals surface area contributed by atoms with Crippen LogP contribution < -0.4 is 5.32 Å². The molecule has 0 fully saturated rings.